The molecule has 0 aromatic heterocycles. The Morgan fingerprint density at radius 3 is 2.42 bits per heavy atom. The van der Waals surface area contributed by atoms with Gasteiger partial charge in [0.25, 0.3) is 0 Å². The zero-order valence-electron chi connectivity index (χ0n) is 22.3. The van der Waals surface area contributed by atoms with Crippen LogP contribution in [0, 0.1) is 17.3 Å². The summed E-state index contributed by atoms with van der Waals surface area (Å²) in [5, 5.41) is 14.2. The summed E-state index contributed by atoms with van der Waals surface area (Å²) in [5.74, 6) is -1.41. The predicted octanol–water partition coefficient (Wildman–Crippen LogP) is 1.75. The van der Waals surface area contributed by atoms with Crippen molar-refractivity contribution in [2.75, 3.05) is 31.1 Å². The highest BCUT2D eigenvalue weighted by molar-refractivity contribution is 6.33. The number of benzene rings is 1. The number of nitrogens with two attached hydrogens (primary N) is 2. The maximum absolute atomic E-state index is 13.0. The standard InChI is InChI=1S/C26H42ClN5O4/c1-16(2)17(23(35)30-14-25(3,4)24(29)36)11-21(33)19(28)12-31-13-22(34)32(15-26(31,5)6)20-10-8-7-9-18(20)27/h7-10,16-17,19,21,33H,11-15,28H2,1-6H3,(H2,29,36)(H,30,35)/t17-,19-,21-/m0/s1. The van der Waals surface area contributed by atoms with E-state index in [4.69, 9.17) is 23.1 Å². The molecular formula is C26H42ClN5O4. The van der Waals surface area contributed by atoms with Crippen LogP contribution in [0.3, 0.4) is 0 Å². The minimum absolute atomic E-state index is 0.0549. The van der Waals surface area contributed by atoms with E-state index < -0.39 is 34.9 Å². The van der Waals surface area contributed by atoms with Crippen LogP contribution >= 0.6 is 11.6 Å². The molecule has 2 rings (SSSR count). The lowest BCUT2D eigenvalue weighted by Gasteiger charge is -2.47. The topological polar surface area (TPSA) is 142 Å². The number of rotatable bonds is 11. The van der Waals surface area contributed by atoms with Crippen LogP contribution in [-0.4, -0.2) is 71.6 Å². The Bertz CT molecular complexity index is 952. The van der Waals surface area contributed by atoms with Crippen LogP contribution in [-0.2, 0) is 14.4 Å². The molecule has 0 bridgehead atoms. The average Bonchev–Trinajstić information content (AvgIpc) is 2.78. The number of aliphatic hydroxyl groups is 1. The van der Waals surface area contributed by atoms with Crippen molar-refractivity contribution < 1.29 is 19.5 Å². The summed E-state index contributed by atoms with van der Waals surface area (Å²) in [6, 6.07) is 6.58. The van der Waals surface area contributed by atoms with Gasteiger partial charge in [-0.2, -0.15) is 0 Å². The van der Waals surface area contributed by atoms with Gasteiger partial charge in [0.15, 0.2) is 0 Å². The normalized spacial score (nSPS) is 19.2. The summed E-state index contributed by atoms with van der Waals surface area (Å²) in [6.07, 6.45) is -0.796. The molecule has 3 atom stereocenters. The first-order valence-corrected chi connectivity index (χ1v) is 12.8. The number of carbonyl (C=O) groups is 3. The quantitative estimate of drug-likeness (QED) is 0.348. The van der Waals surface area contributed by atoms with Crippen molar-refractivity contribution in [2.45, 2.75) is 65.6 Å². The van der Waals surface area contributed by atoms with Gasteiger partial charge >= 0.3 is 0 Å². The number of carbonyl (C=O) groups excluding carboxylic acids is 3. The Kier molecular flexibility index (Phi) is 9.92. The van der Waals surface area contributed by atoms with Gasteiger partial charge in [0.1, 0.15) is 0 Å². The highest BCUT2D eigenvalue weighted by Crippen LogP contribution is 2.31. The Balaban J connectivity index is 2.03. The zero-order valence-corrected chi connectivity index (χ0v) is 23.0. The van der Waals surface area contributed by atoms with Crippen LogP contribution in [0.1, 0.15) is 48.0 Å². The molecule has 1 saturated heterocycles. The monoisotopic (exact) mass is 523 g/mol. The second-order valence-electron chi connectivity index (χ2n) is 11.4. The van der Waals surface area contributed by atoms with Gasteiger partial charge in [0.05, 0.1) is 28.8 Å². The summed E-state index contributed by atoms with van der Waals surface area (Å²) in [6.45, 7) is 12.1. The molecule has 9 nitrogen and oxygen atoms in total. The van der Waals surface area contributed by atoms with E-state index in [1.807, 2.05) is 50.8 Å². The zero-order chi connectivity index (χ0) is 27.4. The second-order valence-corrected chi connectivity index (χ2v) is 11.8. The maximum Gasteiger partial charge on any atom is 0.241 e. The molecule has 3 amide bonds. The number of hydrogen-bond acceptors (Lipinski definition) is 6. The van der Waals surface area contributed by atoms with E-state index in [9.17, 15) is 19.5 Å². The number of para-hydroxylation sites is 1. The van der Waals surface area contributed by atoms with E-state index in [-0.39, 0.29) is 43.8 Å². The van der Waals surface area contributed by atoms with Crippen LogP contribution in [0.15, 0.2) is 24.3 Å². The molecule has 0 aliphatic carbocycles. The van der Waals surface area contributed by atoms with Gasteiger partial charge in [0, 0.05) is 37.1 Å². The number of aliphatic hydroxyl groups excluding tert-OH is 1. The Labute approximate surface area is 219 Å². The number of halogens is 1. The molecule has 202 valence electrons. The third-order valence-corrected chi connectivity index (χ3v) is 7.43. The number of amides is 3. The van der Waals surface area contributed by atoms with Gasteiger partial charge in [-0.15, -0.1) is 0 Å². The highest BCUT2D eigenvalue weighted by Gasteiger charge is 2.40. The van der Waals surface area contributed by atoms with E-state index in [0.29, 0.717) is 17.3 Å². The molecule has 1 aliphatic heterocycles. The molecule has 1 aromatic rings. The van der Waals surface area contributed by atoms with Crippen molar-refractivity contribution in [3.8, 4) is 0 Å². The number of nitrogens with one attached hydrogen (secondary N) is 1. The van der Waals surface area contributed by atoms with E-state index in [1.165, 1.54) is 0 Å². The molecule has 10 heteroatoms. The minimum Gasteiger partial charge on any atom is -0.391 e. The van der Waals surface area contributed by atoms with Crippen molar-refractivity contribution in [3.05, 3.63) is 29.3 Å². The summed E-state index contributed by atoms with van der Waals surface area (Å²) in [7, 11) is 0. The smallest absolute Gasteiger partial charge is 0.241 e. The van der Waals surface area contributed by atoms with Gasteiger partial charge < -0.3 is 26.8 Å². The predicted molar refractivity (Wildman–Crippen MR) is 142 cm³/mol. The summed E-state index contributed by atoms with van der Waals surface area (Å²) < 4.78 is 0. The second kappa shape index (κ2) is 11.9. The van der Waals surface area contributed by atoms with Crippen molar-refractivity contribution in [3.63, 3.8) is 0 Å². The molecule has 36 heavy (non-hydrogen) atoms. The van der Waals surface area contributed by atoms with E-state index in [0.717, 1.165) is 0 Å². The van der Waals surface area contributed by atoms with Crippen LogP contribution in [0.4, 0.5) is 5.69 Å². The van der Waals surface area contributed by atoms with Crippen LogP contribution in [0.5, 0.6) is 0 Å². The third-order valence-electron chi connectivity index (χ3n) is 7.11. The third kappa shape index (κ3) is 7.41. The molecule has 6 N–H and O–H groups in total. The fourth-order valence-corrected chi connectivity index (χ4v) is 4.50. The number of primary amides is 1. The SMILES string of the molecule is CC(C)[C@H](C[C@H](O)[C@@H](N)CN1CC(=O)N(c2ccccc2Cl)CC1(C)C)C(=O)NCC(C)(C)C(N)=O. The first-order valence-electron chi connectivity index (χ1n) is 12.4. The molecule has 0 radical (unpaired) electrons. The molecule has 1 fully saturated rings. The molecule has 0 spiro atoms. The number of piperazine rings is 1. The Morgan fingerprint density at radius 1 is 1.25 bits per heavy atom. The lowest BCUT2D eigenvalue weighted by atomic mass is 9.86. The number of hydrogen-bond donors (Lipinski definition) is 4. The lowest BCUT2D eigenvalue weighted by molar-refractivity contribution is -0.130. The highest BCUT2D eigenvalue weighted by atomic mass is 35.5. The van der Waals surface area contributed by atoms with Crippen LogP contribution in [0.25, 0.3) is 0 Å². The Morgan fingerprint density at radius 2 is 1.86 bits per heavy atom. The molecule has 1 aliphatic rings. The number of anilines is 1. The summed E-state index contributed by atoms with van der Waals surface area (Å²) in [4.78, 5) is 41.1. The lowest BCUT2D eigenvalue weighted by Crippen LogP contribution is -2.64. The van der Waals surface area contributed by atoms with Gasteiger partial charge in [0.2, 0.25) is 17.7 Å². The first-order chi connectivity index (χ1) is 16.6. The molecule has 0 saturated carbocycles. The molecule has 1 aromatic carbocycles. The van der Waals surface area contributed by atoms with Crippen molar-refractivity contribution in [1.29, 1.82) is 0 Å². The fraction of sp³-hybridized carbons (Fsp3) is 0.654. The maximum atomic E-state index is 13.0. The van der Waals surface area contributed by atoms with E-state index >= 15 is 0 Å². The van der Waals surface area contributed by atoms with E-state index in [2.05, 4.69) is 5.32 Å². The van der Waals surface area contributed by atoms with Crippen LogP contribution < -0.4 is 21.7 Å². The van der Waals surface area contributed by atoms with Gasteiger partial charge in [-0.1, -0.05) is 37.6 Å². The first kappa shape index (κ1) is 30.0. The minimum atomic E-state index is -0.959. The number of nitrogens with zero attached hydrogens (tertiary/aromatic N) is 2. The van der Waals surface area contributed by atoms with Gasteiger partial charge in [-0.05, 0) is 52.2 Å². The van der Waals surface area contributed by atoms with E-state index in [1.54, 1.807) is 24.8 Å². The largest absolute Gasteiger partial charge is 0.391 e. The summed E-state index contributed by atoms with van der Waals surface area (Å²) in [5.41, 5.74) is 11.2. The molecule has 0 unspecified atom stereocenters. The summed E-state index contributed by atoms with van der Waals surface area (Å²) >= 11 is 6.32. The fourth-order valence-electron chi connectivity index (χ4n) is 4.26. The molecule has 1 heterocycles. The van der Waals surface area contributed by atoms with Gasteiger partial charge in [-0.25, -0.2) is 0 Å². The Hall–Kier alpha value is -2.20. The molecular weight excluding hydrogens is 482 g/mol. The van der Waals surface area contributed by atoms with Crippen LogP contribution in [0.2, 0.25) is 5.02 Å². The van der Waals surface area contributed by atoms with Crippen molar-refractivity contribution in [2.24, 2.45) is 28.7 Å². The van der Waals surface area contributed by atoms with Gasteiger partial charge in [-0.3, -0.25) is 19.3 Å². The average molecular weight is 524 g/mol. The van der Waals surface area contributed by atoms with Crippen molar-refractivity contribution in [1.82, 2.24) is 10.2 Å². The van der Waals surface area contributed by atoms with Crippen molar-refractivity contribution >= 4 is 35.0 Å².